The monoisotopic (exact) mass is 489 g/mol. The number of thiophene rings is 1. The van der Waals surface area contributed by atoms with Gasteiger partial charge in [0.1, 0.15) is 33.4 Å². The highest BCUT2D eigenvalue weighted by molar-refractivity contribution is 7.18. The Morgan fingerprint density at radius 2 is 1.76 bits per heavy atom. The Morgan fingerprint density at radius 1 is 1.06 bits per heavy atom. The summed E-state index contributed by atoms with van der Waals surface area (Å²) >= 11 is 0.835. The Hall–Kier alpha value is -3.86. The molecule has 3 aromatic rings. The molecule has 2 aromatic heterocycles. The van der Waals surface area contributed by atoms with Gasteiger partial charge in [-0.2, -0.15) is 0 Å². The minimum atomic E-state index is -0.768. The van der Waals surface area contributed by atoms with Gasteiger partial charge in [0.25, 0.3) is 0 Å². The highest BCUT2D eigenvalue weighted by atomic mass is 32.1. The van der Waals surface area contributed by atoms with Gasteiger partial charge in [0.2, 0.25) is 0 Å². The van der Waals surface area contributed by atoms with Crippen molar-refractivity contribution in [2.75, 3.05) is 27.1 Å². The molecule has 0 radical (unpaired) electrons. The number of aryl methyl sites for hydroxylation is 1. The number of esters is 3. The maximum Gasteiger partial charge on any atom is 0.348 e. The highest BCUT2D eigenvalue weighted by Crippen LogP contribution is 2.33. The van der Waals surface area contributed by atoms with Gasteiger partial charge < -0.3 is 29.1 Å². The molecule has 0 saturated heterocycles. The molecule has 0 spiro atoms. The van der Waals surface area contributed by atoms with Crippen LogP contribution in [0.15, 0.2) is 27.4 Å². The number of fused-ring (bicyclic) bond motifs is 1. The van der Waals surface area contributed by atoms with Crippen molar-refractivity contribution >= 4 is 45.2 Å². The van der Waals surface area contributed by atoms with E-state index in [2.05, 4.69) is 0 Å². The molecule has 180 valence electrons. The number of benzene rings is 1. The predicted molar refractivity (Wildman–Crippen MR) is 123 cm³/mol. The van der Waals surface area contributed by atoms with E-state index in [0.29, 0.717) is 22.5 Å². The van der Waals surface area contributed by atoms with Crippen molar-refractivity contribution in [2.45, 2.75) is 26.4 Å². The lowest BCUT2D eigenvalue weighted by molar-refractivity contribution is -0.144. The van der Waals surface area contributed by atoms with Crippen molar-refractivity contribution in [3.05, 3.63) is 55.8 Å². The number of hydrogen-bond acceptors (Lipinski definition) is 11. The van der Waals surface area contributed by atoms with E-state index in [4.69, 9.17) is 29.1 Å². The van der Waals surface area contributed by atoms with Crippen LogP contribution in [0.3, 0.4) is 0 Å². The number of nitrogen functional groups attached to an aromatic ring is 1. The molecule has 0 bridgehead atoms. The van der Waals surface area contributed by atoms with E-state index < -0.39 is 30.1 Å². The van der Waals surface area contributed by atoms with Crippen molar-refractivity contribution < 1.29 is 37.7 Å². The second-order valence-corrected chi connectivity index (χ2v) is 8.20. The fourth-order valence-electron chi connectivity index (χ4n) is 3.45. The van der Waals surface area contributed by atoms with Gasteiger partial charge in [-0.3, -0.25) is 4.79 Å². The van der Waals surface area contributed by atoms with Crippen LogP contribution in [0, 0.1) is 6.92 Å². The number of hydrogen-bond donors (Lipinski definition) is 1. The predicted octanol–water partition coefficient (Wildman–Crippen LogP) is 3.00. The summed E-state index contributed by atoms with van der Waals surface area (Å²) in [5, 5.41) is 0.766. The van der Waals surface area contributed by atoms with Gasteiger partial charge in [0.15, 0.2) is 0 Å². The summed E-state index contributed by atoms with van der Waals surface area (Å²) < 4.78 is 25.2. The Balaban J connectivity index is 1.77. The van der Waals surface area contributed by atoms with Crippen LogP contribution in [-0.4, -0.2) is 39.2 Å². The number of ether oxygens (including phenoxy) is 4. The summed E-state index contributed by atoms with van der Waals surface area (Å²) in [5.41, 5.74) is 6.77. The van der Waals surface area contributed by atoms with E-state index in [1.54, 1.807) is 25.1 Å². The highest BCUT2D eigenvalue weighted by Gasteiger charge is 2.28. The van der Waals surface area contributed by atoms with Crippen molar-refractivity contribution in [3.63, 3.8) is 0 Å². The number of nitrogens with two attached hydrogens (primary N) is 1. The van der Waals surface area contributed by atoms with Crippen LogP contribution in [0.25, 0.3) is 11.0 Å². The van der Waals surface area contributed by atoms with Gasteiger partial charge in [-0.25, -0.2) is 14.4 Å². The first-order valence-electron chi connectivity index (χ1n) is 10.1. The van der Waals surface area contributed by atoms with Crippen LogP contribution in [0.1, 0.15) is 43.1 Å². The molecule has 1 aromatic carbocycles. The summed E-state index contributed by atoms with van der Waals surface area (Å²) in [6.07, 6.45) is -0.0531. The van der Waals surface area contributed by atoms with Gasteiger partial charge in [-0.05, 0) is 31.0 Å². The molecule has 2 N–H and O–H groups in total. The zero-order chi connectivity index (χ0) is 25.0. The first-order chi connectivity index (χ1) is 16.2. The molecule has 0 aliphatic rings. The smallest absolute Gasteiger partial charge is 0.348 e. The quantitative estimate of drug-likeness (QED) is 0.285. The Labute approximate surface area is 198 Å². The minimum Gasteiger partial charge on any atom is -0.497 e. The fraction of sp³-hybridized carbons (Fsp3) is 0.304. The average molecular weight is 490 g/mol. The van der Waals surface area contributed by atoms with Crippen LogP contribution in [-0.2, 0) is 32.0 Å². The van der Waals surface area contributed by atoms with E-state index in [1.807, 2.05) is 0 Å². The lowest BCUT2D eigenvalue weighted by Crippen LogP contribution is -2.15. The molecule has 11 heteroatoms. The second-order valence-electron chi connectivity index (χ2n) is 7.15. The zero-order valence-corrected chi connectivity index (χ0v) is 19.8. The maximum absolute atomic E-state index is 12.5. The Kier molecular flexibility index (Phi) is 7.57. The van der Waals surface area contributed by atoms with Crippen molar-refractivity contribution in [1.29, 1.82) is 0 Å². The Bertz CT molecular complexity index is 1320. The lowest BCUT2D eigenvalue weighted by Gasteiger charge is -2.10. The van der Waals surface area contributed by atoms with E-state index >= 15 is 0 Å². The average Bonchev–Trinajstić information content (AvgIpc) is 3.16. The molecular weight excluding hydrogens is 466 g/mol. The molecule has 0 atom stereocenters. The van der Waals surface area contributed by atoms with Gasteiger partial charge in [-0.1, -0.05) is 0 Å². The molecule has 10 nitrogen and oxygen atoms in total. The molecule has 0 amide bonds. The van der Waals surface area contributed by atoms with Crippen molar-refractivity contribution in [3.8, 4) is 5.75 Å². The van der Waals surface area contributed by atoms with Crippen LogP contribution in [0.5, 0.6) is 5.75 Å². The first-order valence-corrected chi connectivity index (χ1v) is 10.9. The first kappa shape index (κ1) is 24.8. The van der Waals surface area contributed by atoms with Crippen molar-refractivity contribution in [2.24, 2.45) is 0 Å². The standard InChI is InChI=1S/C23H23NO9S/c1-11-13-6-5-12(29-2)9-16(13)33-21(26)14(11)7-8-17(25)32-10-15-18(22(27)30-3)20(24)34-19(15)23(28)31-4/h5-6,9H,7-8,10,24H2,1-4H3. The number of anilines is 1. The molecule has 34 heavy (non-hydrogen) atoms. The molecule has 0 aliphatic carbocycles. The van der Waals surface area contributed by atoms with Gasteiger partial charge in [0.05, 0.1) is 21.3 Å². The molecule has 0 aliphatic heterocycles. The fourth-order valence-corrected chi connectivity index (χ4v) is 4.43. The number of methoxy groups -OCH3 is 3. The maximum atomic E-state index is 12.5. The largest absolute Gasteiger partial charge is 0.497 e. The van der Waals surface area contributed by atoms with Gasteiger partial charge in [-0.15, -0.1) is 11.3 Å². The van der Waals surface area contributed by atoms with Gasteiger partial charge in [0, 0.05) is 29.0 Å². The van der Waals surface area contributed by atoms with Crippen LogP contribution < -0.4 is 16.1 Å². The van der Waals surface area contributed by atoms with E-state index in [1.165, 1.54) is 21.3 Å². The molecule has 2 heterocycles. The lowest BCUT2D eigenvalue weighted by atomic mass is 10.0. The summed E-state index contributed by atoms with van der Waals surface area (Å²) in [7, 11) is 3.86. The summed E-state index contributed by atoms with van der Waals surface area (Å²) in [6.45, 7) is 1.37. The number of carbonyl (C=O) groups is 3. The van der Waals surface area contributed by atoms with E-state index in [9.17, 15) is 19.2 Å². The second kappa shape index (κ2) is 10.4. The Morgan fingerprint density at radius 3 is 2.41 bits per heavy atom. The molecule has 3 rings (SSSR count). The summed E-state index contributed by atoms with van der Waals surface area (Å²) in [4.78, 5) is 49.1. The topological polar surface area (TPSA) is 144 Å². The molecule has 0 saturated carbocycles. The number of carbonyl (C=O) groups excluding carboxylic acids is 3. The van der Waals surface area contributed by atoms with Crippen LogP contribution in [0.2, 0.25) is 0 Å². The summed E-state index contributed by atoms with van der Waals surface area (Å²) in [5.74, 6) is -1.59. The van der Waals surface area contributed by atoms with E-state index in [-0.39, 0.29) is 33.8 Å². The third kappa shape index (κ3) is 4.88. The molecule has 0 fully saturated rings. The zero-order valence-electron chi connectivity index (χ0n) is 19.0. The molecular formula is C23H23NO9S. The third-order valence-corrected chi connectivity index (χ3v) is 6.29. The van der Waals surface area contributed by atoms with Crippen LogP contribution in [0.4, 0.5) is 5.00 Å². The van der Waals surface area contributed by atoms with Gasteiger partial charge >= 0.3 is 23.5 Å². The SMILES string of the molecule is COC(=O)c1sc(N)c(C(=O)OC)c1COC(=O)CCc1c(C)c2ccc(OC)cc2oc1=O. The number of rotatable bonds is 8. The minimum absolute atomic E-state index is 0.0367. The molecule has 0 unspecified atom stereocenters. The third-order valence-electron chi connectivity index (χ3n) is 5.25. The summed E-state index contributed by atoms with van der Waals surface area (Å²) in [6, 6.07) is 5.14. The van der Waals surface area contributed by atoms with Crippen molar-refractivity contribution in [1.82, 2.24) is 0 Å². The van der Waals surface area contributed by atoms with E-state index in [0.717, 1.165) is 16.7 Å². The van der Waals surface area contributed by atoms with Crippen LogP contribution >= 0.6 is 11.3 Å². The normalized spacial score (nSPS) is 10.7.